The van der Waals surface area contributed by atoms with Crippen LogP contribution in [0.5, 0.6) is 0 Å². The maximum atomic E-state index is 14.4. The second-order valence-electron chi connectivity index (χ2n) is 8.85. The molecule has 2 amide bonds. The Hall–Kier alpha value is -4.16. The molecular weight excluding hydrogens is 483 g/mol. The number of hydrogen-bond donors (Lipinski definition) is 1. The number of hydrogen-bond acceptors (Lipinski definition) is 3. The van der Waals surface area contributed by atoms with Gasteiger partial charge >= 0.3 is 0 Å². The van der Waals surface area contributed by atoms with Gasteiger partial charge in [-0.3, -0.25) is 9.59 Å². The molecule has 37 heavy (non-hydrogen) atoms. The number of aryl methyl sites for hydroxylation is 1. The molecule has 0 spiro atoms. The summed E-state index contributed by atoms with van der Waals surface area (Å²) < 4.78 is 14.4. The van der Waals surface area contributed by atoms with Crippen LogP contribution in [0.1, 0.15) is 32.6 Å². The highest BCUT2D eigenvalue weighted by molar-refractivity contribution is 8.04. The van der Waals surface area contributed by atoms with Gasteiger partial charge in [-0.25, -0.2) is 4.39 Å². The van der Waals surface area contributed by atoms with Crippen molar-refractivity contribution in [2.45, 2.75) is 24.9 Å². The van der Waals surface area contributed by atoms with E-state index in [1.54, 1.807) is 35.2 Å². The van der Waals surface area contributed by atoms with E-state index < -0.39 is 0 Å². The number of carbonyl (C=O) groups is 2. The van der Waals surface area contributed by atoms with E-state index in [0.717, 1.165) is 21.7 Å². The Kier molecular flexibility index (Phi) is 7.19. The zero-order valence-corrected chi connectivity index (χ0v) is 21.1. The number of fused-ring (bicyclic) bond motifs is 1. The van der Waals surface area contributed by atoms with Crippen molar-refractivity contribution in [3.63, 3.8) is 0 Å². The van der Waals surface area contributed by atoms with Crippen molar-refractivity contribution in [3.8, 4) is 0 Å². The van der Waals surface area contributed by atoms with Gasteiger partial charge in [0.1, 0.15) is 5.82 Å². The SMILES string of the molecule is Cc1ccc(CNC(=O)c2ccc(C=C3Sc4ccccc4N(Cc4ccccc4F)C3=O)cc2)cc1. The molecule has 1 heterocycles. The van der Waals surface area contributed by atoms with E-state index in [1.165, 1.54) is 23.4 Å². The highest BCUT2D eigenvalue weighted by atomic mass is 32.2. The zero-order chi connectivity index (χ0) is 25.8. The van der Waals surface area contributed by atoms with Crippen molar-refractivity contribution in [1.29, 1.82) is 0 Å². The average Bonchev–Trinajstić information content (AvgIpc) is 2.92. The molecule has 0 unspecified atom stereocenters. The summed E-state index contributed by atoms with van der Waals surface area (Å²) in [4.78, 5) is 29.1. The van der Waals surface area contributed by atoms with E-state index >= 15 is 0 Å². The second-order valence-corrected chi connectivity index (χ2v) is 9.94. The number of benzene rings is 4. The predicted octanol–water partition coefficient (Wildman–Crippen LogP) is 6.74. The lowest BCUT2D eigenvalue weighted by atomic mass is 10.1. The number of para-hydroxylation sites is 1. The van der Waals surface area contributed by atoms with E-state index in [1.807, 2.05) is 73.7 Å². The summed E-state index contributed by atoms with van der Waals surface area (Å²) in [7, 11) is 0. The lowest BCUT2D eigenvalue weighted by Crippen LogP contribution is -2.34. The molecule has 1 aliphatic heterocycles. The lowest BCUT2D eigenvalue weighted by molar-refractivity contribution is -0.114. The fourth-order valence-corrected chi connectivity index (χ4v) is 5.15. The molecule has 4 nitrogen and oxygen atoms in total. The van der Waals surface area contributed by atoms with Crippen LogP contribution in [0.2, 0.25) is 0 Å². The molecular formula is C31H25FN2O2S. The third-order valence-electron chi connectivity index (χ3n) is 6.16. The average molecular weight is 509 g/mol. The number of amides is 2. The second kappa shape index (κ2) is 10.8. The highest BCUT2D eigenvalue weighted by Gasteiger charge is 2.29. The van der Waals surface area contributed by atoms with Crippen LogP contribution >= 0.6 is 11.8 Å². The van der Waals surface area contributed by atoms with Gasteiger partial charge in [-0.05, 0) is 54.5 Å². The molecule has 0 aliphatic carbocycles. The number of halogens is 1. The molecule has 0 atom stereocenters. The van der Waals surface area contributed by atoms with Crippen LogP contribution in [0.3, 0.4) is 0 Å². The van der Waals surface area contributed by atoms with Gasteiger partial charge in [-0.15, -0.1) is 0 Å². The Morgan fingerprint density at radius 2 is 1.62 bits per heavy atom. The van der Waals surface area contributed by atoms with Gasteiger partial charge in [-0.2, -0.15) is 0 Å². The fraction of sp³-hybridized carbons (Fsp3) is 0.0968. The molecule has 0 saturated carbocycles. The van der Waals surface area contributed by atoms with Gasteiger partial charge in [0.2, 0.25) is 0 Å². The maximum Gasteiger partial charge on any atom is 0.265 e. The molecule has 0 saturated heterocycles. The minimum absolute atomic E-state index is 0.139. The first-order valence-corrected chi connectivity index (χ1v) is 12.8. The van der Waals surface area contributed by atoms with Crippen molar-refractivity contribution < 1.29 is 14.0 Å². The monoisotopic (exact) mass is 508 g/mol. The van der Waals surface area contributed by atoms with Crippen LogP contribution in [-0.2, 0) is 17.9 Å². The molecule has 0 radical (unpaired) electrons. The van der Waals surface area contributed by atoms with E-state index in [2.05, 4.69) is 5.32 Å². The van der Waals surface area contributed by atoms with Crippen molar-refractivity contribution in [1.82, 2.24) is 5.32 Å². The Labute approximate surface area is 219 Å². The van der Waals surface area contributed by atoms with Crippen molar-refractivity contribution in [3.05, 3.63) is 136 Å². The largest absolute Gasteiger partial charge is 0.348 e. The molecule has 1 aliphatic rings. The minimum atomic E-state index is -0.340. The van der Waals surface area contributed by atoms with Crippen LogP contribution in [0.15, 0.2) is 107 Å². The van der Waals surface area contributed by atoms with Crippen LogP contribution in [-0.4, -0.2) is 11.8 Å². The van der Waals surface area contributed by atoms with E-state index in [9.17, 15) is 14.0 Å². The minimum Gasteiger partial charge on any atom is -0.348 e. The Balaban J connectivity index is 1.33. The number of nitrogens with one attached hydrogen (secondary N) is 1. The zero-order valence-electron chi connectivity index (χ0n) is 20.3. The third kappa shape index (κ3) is 5.65. The van der Waals surface area contributed by atoms with Crippen LogP contribution in [0.4, 0.5) is 10.1 Å². The highest BCUT2D eigenvalue weighted by Crippen LogP contribution is 2.42. The summed E-state index contributed by atoms with van der Waals surface area (Å²) in [5, 5.41) is 2.94. The molecule has 184 valence electrons. The molecule has 0 fully saturated rings. The quantitative estimate of drug-likeness (QED) is 0.293. The van der Waals surface area contributed by atoms with Gasteiger partial charge in [0.05, 0.1) is 17.1 Å². The number of anilines is 1. The van der Waals surface area contributed by atoms with Crippen LogP contribution in [0, 0.1) is 12.7 Å². The van der Waals surface area contributed by atoms with Crippen molar-refractivity contribution in [2.24, 2.45) is 0 Å². The van der Waals surface area contributed by atoms with Crippen molar-refractivity contribution >= 4 is 35.3 Å². The molecule has 4 aromatic carbocycles. The fourth-order valence-electron chi connectivity index (χ4n) is 4.09. The first kappa shape index (κ1) is 24.5. The number of thioether (sulfide) groups is 1. The molecule has 0 aromatic heterocycles. The van der Waals surface area contributed by atoms with Crippen LogP contribution < -0.4 is 10.2 Å². The summed E-state index contributed by atoms with van der Waals surface area (Å²) in [5.74, 6) is -0.687. The molecule has 4 aromatic rings. The molecule has 0 bridgehead atoms. The standard InChI is InChI=1S/C31H25FN2O2S/c1-21-10-12-23(13-11-21)19-33-30(35)24-16-14-22(15-17-24)18-29-31(36)34(20-25-6-2-3-7-26(25)32)27-8-4-5-9-28(27)37-29/h2-18H,19-20H2,1H3,(H,33,35). The summed E-state index contributed by atoms with van der Waals surface area (Å²) in [5.41, 5.74) is 4.78. The van der Waals surface area contributed by atoms with Gasteiger partial charge in [-0.1, -0.05) is 84.1 Å². The van der Waals surface area contributed by atoms with Gasteiger partial charge in [0, 0.05) is 22.6 Å². The topological polar surface area (TPSA) is 49.4 Å². The van der Waals surface area contributed by atoms with E-state index in [-0.39, 0.29) is 24.2 Å². The normalized spacial score (nSPS) is 13.9. The molecule has 5 rings (SSSR count). The maximum absolute atomic E-state index is 14.4. The summed E-state index contributed by atoms with van der Waals surface area (Å²) in [6, 6.07) is 29.3. The summed E-state index contributed by atoms with van der Waals surface area (Å²) in [6.07, 6.45) is 1.81. The first-order valence-electron chi connectivity index (χ1n) is 12.0. The number of nitrogens with zero attached hydrogens (tertiary/aromatic N) is 1. The Morgan fingerprint density at radius 3 is 2.38 bits per heavy atom. The number of carbonyl (C=O) groups excluding carboxylic acids is 2. The molecule has 1 N–H and O–H groups in total. The van der Waals surface area contributed by atoms with E-state index in [4.69, 9.17) is 0 Å². The van der Waals surface area contributed by atoms with Crippen LogP contribution in [0.25, 0.3) is 6.08 Å². The van der Waals surface area contributed by atoms with E-state index in [0.29, 0.717) is 22.6 Å². The summed E-state index contributed by atoms with van der Waals surface area (Å²) >= 11 is 1.39. The number of rotatable bonds is 6. The predicted molar refractivity (Wildman–Crippen MR) is 147 cm³/mol. The molecule has 6 heteroatoms. The third-order valence-corrected chi connectivity index (χ3v) is 7.24. The Morgan fingerprint density at radius 1 is 0.919 bits per heavy atom. The Bertz CT molecular complexity index is 1480. The lowest BCUT2D eigenvalue weighted by Gasteiger charge is -2.30. The summed E-state index contributed by atoms with van der Waals surface area (Å²) in [6.45, 7) is 2.62. The first-order chi connectivity index (χ1) is 18.0. The van der Waals surface area contributed by atoms with Gasteiger partial charge in [0.25, 0.3) is 11.8 Å². The smallest absolute Gasteiger partial charge is 0.265 e. The van der Waals surface area contributed by atoms with Crippen molar-refractivity contribution in [2.75, 3.05) is 4.90 Å². The van der Waals surface area contributed by atoms with Gasteiger partial charge in [0.15, 0.2) is 0 Å². The van der Waals surface area contributed by atoms with Gasteiger partial charge < -0.3 is 10.2 Å².